The minimum atomic E-state index is -2.22. The first-order valence-electron chi connectivity index (χ1n) is 10.2. The predicted octanol–water partition coefficient (Wildman–Crippen LogP) is 2.75. The SMILES string of the molecule is CCCCC(=O)OC[C@@](CCl)(OC)[C@@H](OC(=O)CCCC)[C@@H](F)n1ccc(N)nc1=O. The van der Waals surface area contributed by atoms with E-state index in [2.05, 4.69) is 4.98 Å². The minimum Gasteiger partial charge on any atom is -0.462 e. The minimum absolute atomic E-state index is 0.0347. The Hall–Kier alpha value is -2.20. The summed E-state index contributed by atoms with van der Waals surface area (Å²) in [4.78, 5) is 40.0. The number of halogens is 2. The number of rotatable bonds is 14. The van der Waals surface area contributed by atoms with Crippen LogP contribution in [0.3, 0.4) is 0 Å². The topological polar surface area (TPSA) is 123 Å². The van der Waals surface area contributed by atoms with Crippen molar-refractivity contribution in [2.75, 3.05) is 25.3 Å². The number of nitrogens with zero attached hydrogens (tertiary/aromatic N) is 2. The molecule has 1 heterocycles. The molecule has 0 bridgehead atoms. The van der Waals surface area contributed by atoms with Crippen LogP contribution >= 0.6 is 11.6 Å². The molecular formula is C20H31ClFN3O6. The van der Waals surface area contributed by atoms with Crippen molar-refractivity contribution in [2.45, 2.75) is 70.4 Å². The van der Waals surface area contributed by atoms with E-state index >= 15 is 4.39 Å². The van der Waals surface area contributed by atoms with E-state index in [1.54, 1.807) is 0 Å². The summed E-state index contributed by atoms with van der Waals surface area (Å²) in [6, 6.07) is 1.23. The molecule has 0 spiro atoms. The molecule has 0 aliphatic carbocycles. The molecule has 0 saturated heterocycles. The average Bonchev–Trinajstić information content (AvgIpc) is 2.75. The highest BCUT2D eigenvalue weighted by atomic mass is 35.5. The van der Waals surface area contributed by atoms with Gasteiger partial charge in [0.25, 0.3) is 0 Å². The summed E-state index contributed by atoms with van der Waals surface area (Å²) in [6.45, 7) is 3.33. The van der Waals surface area contributed by atoms with Crippen LogP contribution in [0.25, 0.3) is 0 Å². The average molecular weight is 464 g/mol. The third kappa shape index (κ3) is 7.77. The van der Waals surface area contributed by atoms with E-state index in [0.29, 0.717) is 17.4 Å². The lowest BCUT2D eigenvalue weighted by Crippen LogP contribution is -2.56. The third-order valence-corrected chi connectivity index (χ3v) is 5.18. The first kappa shape index (κ1) is 26.8. The summed E-state index contributed by atoms with van der Waals surface area (Å²) >= 11 is 6.09. The molecule has 176 valence electrons. The number of esters is 2. The fourth-order valence-electron chi connectivity index (χ4n) is 2.72. The molecule has 31 heavy (non-hydrogen) atoms. The number of anilines is 1. The maximum absolute atomic E-state index is 15.6. The van der Waals surface area contributed by atoms with Crippen LogP contribution in [-0.4, -0.2) is 52.8 Å². The molecule has 0 fully saturated rings. The molecule has 0 saturated carbocycles. The van der Waals surface area contributed by atoms with E-state index in [1.165, 1.54) is 13.2 Å². The number of nitrogens with two attached hydrogens (primary N) is 1. The lowest BCUT2D eigenvalue weighted by Gasteiger charge is -2.38. The highest BCUT2D eigenvalue weighted by Crippen LogP contribution is 2.31. The fourth-order valence-corrected chi connectivity index (χ4v) is 3.06. The van der Waals surface area contributed by atoms with Crippen LogP contribution in [0, 0.1) is 0 Å². The molecule has 0 amide bonds. The smallest absolute Gasteiger partial charge is 0.351 e. The summed E-state index contributed by atoms with van der Waals surface area (Å²) in [5, 5.41) is 0. The van der Waals surface area contributed by atoms with Crippen molar-refractivity contribution < 1.29 is 28.2 Å². The Balaban J connectivity index is 3.26. The van der Waals surface area contributed by atoms with Gasteiger partial charge in [-0.2, -0.15) is 4.98 Å². The molecule has 0 aromatic carbocycles. The van der Waals surface area contributed by atoms with Crippen LogP contribution in [0.2, 0.25) is 0 Å². The van der Waals surface area contributed by atoms with Gasteiger partial charge in [-0.15, -0.1) is 11.6 Å². The summed E-state index contributed by atoms with van der Waals surface area (Å²) in [7, 11) is 1.23. The molecule has 1 aromatic heterocycles. The lowest BCUT2D eigenvalue weighted by atomic mass is 9.97. The number of methoxy groups -OCH3 is 1. The van der Waals surface area contributed by atoms with Crippen molar-refractivity contribution in [3.8, 4) is 0 Å². The van der Waals surface area contributed by atoms with Crippen molar-refractivity contribution in [1.29, 1.82) is 0 Å². The molecule has 2 N–H and O–H groups in total. The van der Waals surface area contributed by atoms with Gasteiger partial charge in [-0.05, 0) is 18.9 Å². The number of alkyl halides is 2. The lowest BCUT2D eigenvalue weighted by molar-refractivity contribution is -0.196. The zero-order valence-electron chi connectivity index (χ0n) is 18.1. The van der Waals surface area contributed by atoms with E-state index in [1.807, 2.05) is 13.8 Å². The summed E-state index contributed by atoms with van der Waals surface area (Å²) in [5.41, 5.74) is 2.73. The van der Waals surface area contributed by atoms with Crippen LogP contribution in [0.1, 0.15) is 58.7 Å². The Morgan fingerprint density at radius 3 is 2.39 bits per heavy atom. The Morgan fingerprint density at radius 2 is 1.87 bits per heavy atom. The zero-order chi connectivity index (χ0) is 23.4. The van der Waals surface area contributed by atoms with Gasteiger partial charge >= 0.3 is 17.6 Å². The second-order valence-corrected chi connectivity index (χ2v) is 7.36. The summed E-state index contributed by atoms with van der Waals surface area (Å²) < 4.78 is 32.3. The van der Waals surface area contributed by atoms with E-state index < -0.39 is 42.2 Å². The number of carbonyl (C=O) groups excluding carboxylic acids is 2. The molecule has 1 rings (SSSR count). The maximum Gasteiger partial charge on any atom is 0.351 e. The second kappa shape index (κ2) is 13.3. The molecule has 0 aliphatic heterocycles. The largest absolute Gasteiger partial charge is 0.462 e. The van der Waals surface area contributed by atoms with Gasteiger partial charge in [0.05, 0.1) is 5.88 Å². The van der Waals surface area contributed by atoms with Gasteiger partial charge < -0.3 is 19.9 Å². The molecule has 0 radical (unpaired) electrons. The van der Waals surface area contributed by atoms with E-state index in [4.69, 9.17) is 31.5 Å². The monoisotopic (exact) mass is 463 g/mol. The maximum atomic E-state index is 15.6. The van der Waals surface area contributed by atoms with Crippen LogP contribution in [0.5, 0.6) is 0 Å². The van der Waals surface area contributed by atoms with Crippen molar-refractivity contribution in [3.05, 3.63) is 22.7 Å². The summed E-state index contributed by atoms with van der Waals surface area (Å²) in [6.07, 6.45) is 0.0290. The molecule has 0 aliphatic rings. The molecule has 3 atom stereocenters. The van der Waals surface area contributed by atoms with Gasteiger partial charge in [-0.3, -0.25) is 14.2 Å². The number of carbonyl (C=O) groups is 2. The second-order valence-electron chi connectivity index (χ2n) is 7.10. The van der Waals surface area contributed by atoms with Crippen LogP contribution in [0.4, 0.5) is 10.2 Å². The number of hydrogen-bond donors (Lipinski definition) is 1. The first-order valence-corrected chi connectivity index (χ1v) is 10.7. The van der Waals surface area contributed by atoms with Crippen molar-refractivity contribution >= 4 is 29.4 Å². The third-order valence-electron chi connectivity index (χ3n) is 4.72. The van der Waals surface area contributed by atoms with Gasteiger partial charge in [0.1, 0.15) is 12.4 Å². The van der Waals surface area contributed by atoms with E-state index in [0.717, 1.165) is 19.0 Å². The van der Waals surface area contributed by atoms with Crippen molar-refractivity contribution in [3.63, 3.8) is 0 Å². The van der Waals surface area contributed by atoms with Crippen LogP contribution in [-0.2, 0) is 23.8 Å². The van der Waals surface area contributed by atoms with E-state index in [9.17, 15) is 14.4 Å². The van der Waals surface area contributed by atoms with Crippen LogP contribution in [0.15, 0.2) is 17.1 Å². The molecule has 1 aromatic rings. The number of unbranched alkanes of at least 4 members (excludes halogenated alkanes) is 2. The summed E-state index contributed by atoms with van der Waals surface area (Å²) in [5.74, 6) is -1.69. The van der Waals surface area contributed by atoms with Crippen molar-refractivity contribution in [2.24, 2.45) is 0 Å². The number of nitrogen functional groups attached to an aromatic ring is 1. The first-order chi connectivity index (χ1) is 14.7. The number of hydrogen-bond acceptors (Lipinski definition) is 8. The standard InChI is InChI=1S/C20H31ClFN3O6/c1-4-6-8-15(26)30-13-20(12-21,29-3)17(31-16(27)9-7-5-2)18(22)25-11-10-14(23)24-19(25)28/h10-11,17-18H,4-9,12-13H2,1-3H3,(H2,23,24,28)/t17-,18-,20+/m0/s1. The van der Waals surface area contributed by atoms with E-state index in [-0.39, 0.29) is 24.5 Å². The Morgan fingerprint density at radius 1 is 1.26 bits per heavy atom. The fraction of sp³-hybridized carbons (Fsp3) is 0.700. The number of aromatic nitrogens is 2. The van der Waals surface area contributed by atoms with Gasteiger partial charge in [0.15, 0.2) is 11.7 Å². The molecular weight excluding hydrogens is 433 g/mol. The molecule has 9 nitrogen and oxygen atoms in total. The number of ether oxygens (including phenoxy) is 3. The van der Waals surface area contributed by atoms with Gasteiger partial charge in [-0.25, -0.2) is 9.18 Å². The van der Waals surface area contributed by atoms with Gasteiger partial charge in [0.2, 0.25) is 6.30 Å². The highest BCUT2D eigenvalue weighted by molar-refractivity contribution is 6.18. The quantitative estimate of drug-likeness (QED) is 0.330. The van der Waals surface area contributed by atoms with Gasteiger partial charge in [0, 0.05) is 26.1 Å². The zero-order valence-corrected chi connectivity index (χ0v) is 18.9. The Bertz CT molecular complexity index is 772. The van der Waals surface area contributed by atoms with Crippen molar-refractivity contribution in [1.82, 2.24) is 9.55 Å². The Kier molecular flexibility index (Phi) is 11.5. The normalized spacial score (nSPS) is 15.0. The highest BCUT2D eigenvalue weighted by Gasteiger charge is 2.49. The molecule has 11 heteroatoms. The predicted molar refractivity (Wildman–Crippen MR) is 113 cm³/mol. The molecule has 0 unspecified atom stereocenters. The van der Waals surface area contributed by atoms with Crippen LogP contribution < -0.4 is 11.4 Å². The Labute approximate surface area is 186 Å². The van der Waals surface area contributed by atoms with Gasteiger partial charge in [-0.1, -0.05) is 26.7 Å².